The zero-order chi connectivity index (χ0) is 13.1. The Hall–Kier alpha value is -0.860. The first kappa shape index (κ1) is 14.2. The van der Waals surface area contributed by atoms with Gasteiger partial charge in [0.15, 0.2) is 0 Å². The maximum atomic E-state index is 12.7. The summed E-state index contributed by atoms with van der Waals surface area (Å²) in [5.74, 6) is -1.50. The number of ether oxygens (including phenoxy) is 1. The minimum Gasteiger partial charge on any atom is -0.481 e. The lowest BCUT2D eigenvalue weighted by molar-refractivity contribution is -0.203. The second kappa shape index (κ2) is 5.65. The van der Waals surface area contributed by atoms with Gasteiger partial charge in [0.1, 0.15) is 6.04 Å². The number of hydrogen-bond acceptors (Lipinski definition) is 4. The maximum Gasteiger partial charge on any atom is 0.404 e. The summed E-state index contributed by atoms with van der Waals surface area (Å²) < 4.78 is 43.1. The van der Waals surface area contributed by atoms with Crippen molar-refractivity contribution >= 4 is 5.97 Å². The van der Waals surface area contributed by atoms with Crippen molar-refractivity contribution in [3.63, 3.8) is 0 Å². The number of nitrogens with zero attached hydrogens (tertiary/aromatic N) is 1. The van der Waals surface area contributed by atoms with Crippen LogP contribution in [0.1, 0.15) is 6.42 Å². The zero-order valence-electron chi connectivity index (χ0n) is 8.98. The highest BCUT2D eigenvalue weighted by Crippen LogP contribution is 2.28. The summed E-state index contributed by atoms with van der Waals surface area (Å²) in [5.41, 5.74) is 0. The molecule has 0 radical (unpaired) electrons. The summed E-state index contributed by atoms with van der Waals surface area (Å²) in [4.78, 5) is 11.4. The Kier molecular flexibility index (Phi) is 4.72. The molecule has 8 heteroatoms. The van der Waals surface area contributed by atoms with E-state index in [9.17, 15) is 18.0 Å². The first-order chi connectivity index (χ1) is 7.84. The molecule has 5 nitrogen and oxygen atoms in total. The molecular formula is C9H14F3NO4. The van der Waals surface area contributed by atoms with Crippen LogP contribution in [0, 0.1) is 0 Å². The molecule has 100 valence electrons. The van der Waals surface area contributed by atoms with Crippen LogP contribution < -0.4 is 0 Å². The lowest BCUT2D eigenvalue weighted by atomic mass is 10.1. The van der Waals surface area contributed by atoms with Crippen LogP contribution in [0.2, 0.25) is 0 Å². The molecular weight excluding hydrogens is 243 g/mol. The van der Waals surface area contributed by atoms with E-state index in [0.29, 0.717) is 0 Å². The molecule has 2 N–H and O–H groups in total. The molecule has 17 heavy (non-hydrogen) atoms. The number of halogens is 3. The smallest absolute Gasteiger partial charge is 0.404 e. The fourth-order valence-corrected chi connectivity index (χ4v) is 1.75. The molecule has 0 aromatic rings. The second-order valence-corrected chi connectivity index (χ2v) is 3.83. The van der Waals surface area contributed by atoms with Crippen LogP contribution in [0.4, 0.5) is 13.2 Å². The molecule has 1 fully saturated rings. The van der Waals surface area contributed by atoms with Gasteiger partial charge in [0.25, 0.3) is 0 Å². The molecule has 1 saturated heterocycles. The van der Waals surface area contributed by atoms with Crippen LogP contribution in [0.25, 0.3) is 0 Å². The summed E-state index contributed by atoms with van der Waals surface area (Å²) in [6.07, 6.45) is -6.29. The second-order valence-electron chi connectivity index (χ2n) is 3.83. The minimum atomic E-state index is -4.60. The van der Waals surface area contributed by atoms with Gasteiger partial charge in [-0.1, -0.05) is 0 Å². The Morgan fingerprint density at radius 2 is 2.18 bits per heavy atom. The fourth-order valence-electron chi connectivity index (χ4n) is 1.75. The minimum absolute atomic E-state index is 0.00789. The van der Waals surface area contributed by atoms with E-state index in [4.69, 9.17) is 14.9 Å². The monoisotopic (exact) mass is 257 g/mol. The highest BCUT2D eigenvalue weighted by molar-refractivity contribution is 5.67. The van der Waals surface area contributed by atoms with Gasteiger partial charge in [-0.15, -0.1) is 0 Å². The Morgan fingerprint density at radius 3 is 2.65 bits per heavy atom. The van der Waals surface area contributed by atoms with Gasteiger partial charge < -0.3 is 14.9 Å². The zero-order valence-corrected chi connectivity index (χ0v) is 8.98. The van der Waals surface area contributed by atoms with Gasteiger partial charge in [0, 0.05) is 13.1 Å². The van der Waals surface area contributed by atoms with Gasteiger partial charge in [-0.25, -0.2) is 0 Å². The van der Waals surface area contributed by atoms with E-state index >= 15 is 0 Å². The largest absolute Gasteiger partial charge is 0.481 e. The lowest BCUT2D eigenvalue weighted by Gasteiger charge is -2.37. The Morgan fingerprint density at radius 1 is 1.53 bits per heavy atom. The van der Waals surface area contributed by atoms with Crippen LogP contribution >= 0.6 is 0 Å². The van der Waals surface area contributed by atoms with Crippen LogP contribution in [-0.4, -0.2) is 65.7 Å². The van der Waals surface area contributed by atoms with Gasteiger partial charge in [0.05, 0.1) is 25.7 Å². The SMILES string of the molecule is O=C(O)CC(N1CCOC(CO)C1)C(F)(F)F. The molecule has 0 aliphatic carbocycles. The van der Waals surface area contributed by atoms with Crippen LogP contribution in [0.5, 0.6) is 0 Å². The number of carboxylic acids is 1. The van der Waals surface area contributed by atoms with Crippen molar-refractivity contribution in [3.05, 3.63) is 0 Å². The molecule has 0 aromatic carbocycles. The summed E-state index contributed by atoms with van der Waals surface area (Å²) in [6, 6.07) is -2.03. The summed E-state index contributed by atoms with van der Waals surface area (Å²) in [5, 5.41) is 17.3. The Balaban J connectivity index is 2.72. The van der Waals surface area contributed by atoms with Crippen molar-refractivity contribution in [2.45, 2.75) is 24.7 Å². The van der Waals surface area contributed by atoms with Gasteiger partial charge in [-0.05, 0) is 0 Å². The van der Waals surface area contributed by atoms with Crippen LogP contribution in [-0.2, 0) is 9.53 Å². The number of carboxylic acid groups (broad SMARTS) is 1. The standard InChI is InChI=1S/C9H14F3NO4/c10-9(11,12)7(3-8(15)16)13-1-2-17-6(4-13)5-14/h6-7,14H,1-5H2,(H,15,16). The molecule has 0 aromatic heterocycles. The average Bonchev–Trinajstić information content (AvgIpc) is 2.24. The van der Waals surface area contributed by atoms with E-state index in [1.165, 1.54) is 0 Å². The number of alkyl halides is 3. The molecule has 2 atom stereocenters. The Labute approximate surface area is 95.8 Å². The molecule has 2 unspecified atom stereocenters. The molecule has 1 rings (SSSR count). The maximum absolute atomic E-state index is 12.7. The average molecular weight is 257 g/mol. The predicted molar refractivity (Wildman–Crippen MR) is 50.5 cm³/mol. The van der Waals surface area contributed by atoms with Gasteiger partial charge in [-0.2, -0.15) is 13.2 Å². The molecule has 0 amide bonds. The molecule has 0 spiro atoms. The molecule has 0 bridgehead atoms. The predicted octanol–water partition coefficient (Wildman–Crippen LogP) is 0.0851. The topological polar surface area (TPSA) is 70.0 Å². The number of aliphatic hydroxyl groups is 1. The number of rotatable bonds is 4. The van der Waals surface area contributed by atoms with E-state index in [0.717, 1.165) is 4.90 Å². The third kappa shape index (κ3) is 4.14. The Bertz CT molecular complexity index is 271. The van der Waals surface area contributed by atoms with E-state index in [-0.39, 0.29) is 26.3 Å². The first-order valence-electron chi connectivity index (χ1n) is 5.09. The van der Waals surface area contributed by atoms with Crippen molar-refractivity contribution in [1.29, 1.82) is 0 Å². The molecule has 1 aliphatic heterocycles. The summed E-state index contributed by atoms with van der Waals surface area (Å²) in [7, 11) is 0. The summed E-state index contributed by atoms with van der Waals surface area (Å²) in [6.45, 7) is -0.437. The van der Waals surface area contributed by atoms with Crippen molar-refractivity contribution in [2.75, 3.05) is 26.3 Å². The number of hydrogen-bond donors (Lipinski definition) is 2. The quantitative estimate of drug-likeness (QED) is 0.746. The van der Waals surface area contributed by atoms with Crippen LogP contribution in [0.3, 0.4) is 0 Å². The fraction of sp³-hybridized carbons (Fsp3) is 0.889. The van der Waals surface area contributed by atoms with Crippen LogP contribution in [0.15, 0.2) is 0 Å². The van der Waals surface area contributed by atoms with Crippen molar-refractivity contribution in [3.8, 4) is 0 Å². The van der Waals surface area contributed by atoms with E-state index < -0.39 is 30.7 Å². The number of aliphatic hydroxyl groups excluding tert-OH is 1. The van der Waals surface area contributed by atoms with Crippen molar-refractivity contribution in [2.24, 2.45) is 0 Å². The third-order valence-corrected chi connectivity index (χ3v) is 2.56. The normalized spacial score (nSPS) is 24.6. The number of carbonyl (C=O) groups is 1. The lowest BCUT2D eigenvalue weighted by Crippen LogP contribution is -2.54. The van der Waals surface area contributed by atoms with E-state index in [1.807, 2.05) is 0 Å². The van der Waals surface area contributed by atoms with Crippen molar-refractivity contribution in [1.82, 2.24) is 4.90 Å². The van der Waals surface area contributed by atoms with Gasteiger partial charge in [-0.3, -0.25) is 9.69 Å². The van der Waals surface area contributed by atoms with E-state index in [2.05, 4.69) is 0 Å². The van der Waals surface area contributed by atoms with Gasteiger partial charge in [0.2, 0.25) is 0 Å². The highest BCUT2D eigenvalue weighted by atomic mass is 19.4. The van der Waals surface area contributed by atoms with Gasteiger partial charge >= 0.3 is 12.1 Å². The van der Waals surface area contributed by atoms with E-state index in [1.54, 1.807) is 0 Å². The number of aliphatic carboxylic acids is 1. The molecule has 1 aliphatic rings. The summed E-state index contributed by atoms with van der Waals surface area (Å²) >= 11 is 0. The highest BCUT2D eigenvalue weighted by Gasteiger charge is 2.45. The molecule has 0 saturated carbocycles. The molecule has 1 heterocycles. The number of morpholine rings is 1. The van der Waals surface area contributed by atoms with Crippen molar-refractivity contribution < 1.29 is 32.9 Å². The third-order valence-electron chi connectivity index (χ3n) is 2.56. The first-order valence-corrected chi connectivity index (χ1v) is 5.09.